The highest BCUT2D eigenvalue weighted by Crippen LogP contribution is 2.20. The molecule has 2 N–H and O–H groups in total. The van der Waals surface area contributed by atoms with E-state index >= 15 is 0 Å². The third-order valence-electron chi connectivity index (χ3n) is 4.45. The van der Waals surface area contributed by atoms with E-state index in [0.29, 0.717) is 24.4 Å². The molecule has 0 aliphatic carbocycles. The van der Waals surface area contributed by atoms with E-state index < -0.39 is 11.8 Å². The molecule has 1 saturated heterocycles. The Labute approximate surface area is 157 Å². The Kier molecular flexibility index (Phi) is 5.71. The minimum atomic E-state index is -0.489. The lowest BCUT2D eigenvalue weighted by Crippen LogP contribution is -2.45. The van der Waals surface area contributed by atoms with Crippen LogP contribution in [-0.2, 0) is 16.1 Å². The molecule has 1 aliphatic heterocycles. The Morgan fingerprint density at radius 3 is 2.44 bits per heavy atom. The number of hydrogen-bond donors (Lipinski definition) is 2. The van der Waals surface area contributed by atoms with E-state index in [1.165, 1.54) is 0 Å². The van der Waals surface area contributed by atoms with Crippen molar-refractivity contribution < 1.29 is 19.1 Å². The van der Waals surface area contributed by atoms with Crippen LogP contribution in [0.2, 0.25) is 0 Å². The molecule has 7 nitrogen and oxygen atoms in total. The van der Waals surface area contributed by atoms with Crippen LogP contribution in [0.4, 0.5) is 0 Å². The number of rotatable bonds is 5. The third kappa shape index (κ3) is 4.63. The molecule has 7 heteroatoms. The molecule has 27 heavy (non-hydrogen) atoms. The molecule has 0 aromatic heterocycles. The fourth-order valence-corrected chi connectivity index (χ4v) is 2.94. The predicted octanol–water partition coefficient (Wildman–Crippen LogP) is 1.50. The van der Waals surface area contributed by atoms with Gasteiger partial charge in [0, 0.05) is 25.1 Å². The second kappa shape index (κ2) is 8.35. The fraction of sp³-hybridized carbons (Fsp3) is 0.250. The van der Waals surface area contributed by atoms with Crippen LogP contribution >= 0.6 is 0 Å². The van der Waals surface area contributed by atoms with Crippen LogP contribution in [0.1, 0.15) is 22.3 Å². The number of likely N-dealkylation sites (tertiary alicyclic amines) is 1. The van der Waals surface area contributed by atoms with Crippen LogP contribution in [-0.4, -0.2) is 36.3 Å². The first-order valence-corrected chi connectivity index (χ1v) is 8.63. The van der Waals surface area contributed by atoms with E-state index in [9.17, 15) is 14.4 Å². The number of nitrogens with zero attached hydrogens (tertiary/aromatic N) is 1. The summed E-state index contributed by atoms with van der Waals surface area (Å²) in [5.74, 6) is -0.728. The second-order valence-corrected chi connectivity index (χ2v) is 6.33. The molecule has 1 fully saturated rings. The molecule has 0 saturated carbocycles. The zero-order valence-corrected chi connectivity index (χ0v) is 15.0. The maximum Gasteiger partial charge on any atom is 0.269 e. The molecule has 140 valence electrons. The third-order valence-corrected chi connectivity index (χ3v) is 4.45. The molecule has 0 bridgehead atoms. The smallest absolute Gasteiger partial charge is 0.269 e. The number of carbonyl (C=O) groups is 3. The summed E-state index contributed by atoms with van der Waals surface area (Å²) in [6.45, 7) is 0.805. The number of nitrogens with one attached hydrogen (secondary N) is 2. The molecule has 3 amide bonds. The van der Waals surface area contributed by atoms with E-state index in [2.05, 4.69) is 10.9 Å². The van der Waals surface area contributed by atoms with Crippen molar-refractivity contribution in [2.24, 2.45) is 5.92 Å². The van der Waals surface area contributed by atoms with Gasteiger partial charge in [-0.05, 0) is 29.8 Å². The zero-order chi connectivity index (χ0) is 19.2. The summed E-state index contributed by atoms with van der Waals surface area (Å²) in [7, 11) is 1.54. The normalized spacial score (nSPS) is 16.1. The topological polar surface area (TPSA) is 87.7 Å². The number of carbonyl (C=O) groups excluding carboxylic acids is 3. The summed E-state index contributed by atoms with van der Waals surface area (Å²) in [5, 5.41) is 0. The van der Waals surface area contributed by atoms with E-state index in [0.717, 1.165) is 5.56 Å². The number of amides is 3. The maximum absolute atomic E-state index is 12.3. The van der Waals surface area contributed by atoms with Gasteiger partial charge in [-0.1, -0.05) is 30.3 Å². The molecule has 3 rings (SSSR count). The fourth-order valence-electron chi connectivity index (χ4n) is 2.94. The number of ether oxygens (including phenoxy) is 1. The van der Waals surface area contributed by atoms with Crippen LogP contribution in [0, 0.1) is 5.92 Å². The van der Waals surface area contributed by atoms with Gasteiger partial charge in [-0.25, -0.2) is 0 Å². The molecule has 0 radical (unpaired) electrons. The molecule has 2 aromatic carbocycles. The second-order valence-electron chi connectivity index (χ2n) is 6.33. The predicted molar refractivity (Wildman–Crippen MR) is 98.6 cm³/mol. The lowest BCUT2D eigenvalue weighted by atomic mass is 10.1. The Balaban J connectivity index is 1.50. The first-order valence-electron chi connectivity index (χ1n) is 8.63. The largest absolute Gasteiger partial charge is 0.497 e. The summed E-state index contributed by atoms with van der Waals surface area (Å²) < 4.78 is 5.04. The van der Waals surface area contributed by atoms with Crippen molar-refractivity contribution in [3.05, 3.63) is 65.7 Å². The van der Waals surface area contributed by atoms with Gasteiger partial charge in [0.25, 0.3) is 5.91 Å². The molecular weight excluding hydrogens is 346 g/mol. The van der Waals surface area contributed by atoms with Gasteiger partial charge in [-0.2, -0.15) is 0 Å². The molecule has 1 atom stereocenters. The first-order chi connectivity index (χ1) is 13.1. The highest BCUT2D eigenvalue weighted by atomic mass is 16.5. The van der Waals surface area contributed by atoms with Crippen LogP contribution in [0.25, 0.3) is 0 Å². The average Bonchev–Trinajstić information content (AvgIpc) is 3.07. The first kappa shape index (κ1) is 18.4. The van der Waals surface area contributed by atoms with Gasteiger partial charge in [0.15, 0.2) is 0 Å². The monoisotopic (exact) mass is 367 g/mol. The van der Waals surface area contributed by atoms with Gasteiger partial charge < -0.3 is 9.64 Å². The minimum absolute atomic E-state index is 0.0690. The Hall–Kier alpha value is -3.35. The van der Waals surface area contributed by atoms with Crippen molar-refractivity contribution in [1.82, 2.24) is 15.8 Å². The van der Waals surface area contributed by atoms with E-state index in [4.69, 9.17) is 4.74 Å². The lowest BCUT2D eigenvalue weighted by Gasteiger charge is -2.16. The number of benzene rings is 2. The van der Waals surface area contributed by atoms with Crippen LogP contribution in [0.3, 0.4) is 0 Å². The van der Waals surface area contributed by atoms with Gasteiger partial charge in [0.2, 0.25) is 11.8 Å². The Bertz CT molecular complexity index is 821. The molecule has 0 spiro atoms. The van der Waals surface area contributed by atoms with Gasteiger partial charge >= 0.3 is 0 Å². The molecule has 2 aromatic rings. The summed E-state index contributed by atoms with van der Waals surface area (Å²) in [6, 6.07) is 16.1. The Morgan fingerprint density at radius 2 is 1.78 bits per heavy atom. The standard InChI is InChI=1S/C20H21N3O4/c1-27-17-9-7-15(8-10-17)19(25)21-22-20(26)16-11-18(24)23(13-16)12-14-5-3-2-4-6-14/h2-10,16H,11-13H2,1H3,(H,21,25)(H,22,26). The van der Waals surface area contributed by atoms with E-state index in [1.54, 1.807) is 36.3 Å². The van der Waals surface area contributed by atoms with Crippen molar-refractivity contribution >= 4 is 17.7 Å². The van der Waals surface area contributed by atoms with E-state index in [-0.39, 0.29) is 18.2 Å². The highest BCUT2D eigenvalue weighted by molar-refractivity contribution is 5.96. The number of hydrogen-bond acceptors (Lipinski definition) is 4. The molecule has 1 heterocycles. The van der Waals surface area contributed by atoms with Crippen molar-refractivity contribution in [1.29, 1.82) is 0 Å². The van der Waals surface area contributed by atoms with Crippen molar-refractivity contribution in [2.75, 3.05) is 13.7 Å². The van der Waals surface area contributed by atoms with Gasteiger partial charge in [0.1, 0.15) is 5.75 Å². The molecular formula is C20H21N3O4. The van der Waals surface area contributed by atoms with Crippen LogP contribution in [0.5, 0.6) is 5.75 Å². The maximum atomic E-state index is 12.3. The molecule has 1 unspecified atom stereocenters. The van der Waals surface area contributed by atoms with Crippen molar-refractivity contribution in [3.63, 3.8) is 0 Å². The quantitative estimate of drug-likeness (QED) is 0.784. The summed E-state index contributed by atoms with van der Waals surface area (Å²) in [5.41, 5.74) is 6.20. The molecule has 1 aliphatic rings. The van der Waals surface area contributed by atoms with Crippen LogP contribution < -0.4 is 15.6 Å². The number of methoxy groups -OCH3 is 1. The van der Waals surface area contributed by atoms with Gasteiger partial charge in [0.05, 0.1) is 13.0 Å². The minimum Gasteiger partial charge on any atom is -0.497 e. The summed E-state index contributed by atoms with van der Waals surface area (Å²) in [6.07, 6.45) is 0.136. The summed E-state index contributed by atoms with van der Waals surface area (Å²) in [4.78, 5) is 38.2. The van der Waals surface area contributed by atoms with Crippen molar-refractivity contribution in [2.45, 2.75) is 13.0 Å². The van der Waals surface area contributed by atoms with Gasteiger partial charge in [-0.3, -0.25) is 25.2 Å². The lowest BCUT2D eigenvalue weighted by molar-refractivity contribution is -0.129. The van der Waals surface area contributed by atoms with Crippen LogP contribution in [0.15, 0.2) is 54.6 Å². The Morgan fingerprint density at radius 1 is 1.07 bits per heavy atom. The zero-order valence-electron chi connectivity index (χ0n) is 15.0. The van der Waals surface area contributed by atoms with Crippen molar-refractivity contribution in [3.8, 4) is 5.75 Å². The SMILES string of the molecule is COc1ccc(C(=O)NNC(=O)C2CC(=O)N(Cc3ccccc3)C2)cc1. The number of hydrazine groups is 1. The highest BCUT2D eigenvalue weighted by Gasteiger charge is 2.34. The summed E-state index contributed by atoms with van der Waals surface area (Å²) >= 11 is 0. The average molecular weight is 367 g/mol. The van der Waals surface area contributed by atoms with Gasteiger partial charge in [-0.15, -0.1) is 0 Å². The van der Waals surface area contributed by atoms with E-state index in [1.807, 2.05) is 30.3 Å².